The van der Waals surface area contributed by atoms with E-state index in [-0.39, 0.29) is 0 Å². The molecule has 5 nitrogen and oxygen atoms in total. The summed E-state index contributed by atoms with van der Waals surface area (Å²) in [5.74, 6) is 2.25. The van der Waals surface area contributed by atoms with Gasteiger partial charge in [-0.2, -0.15) is 0 Å². The third-order valence-corrected chi connectivity index (χ3v) is 2.73. The molecule has 0 aliphatic carbocycles. The van der Waals surface area contributed by atoms with Gasteiger partial charge < -0.3 is 14.5 Å². The van der Waals surface area contributed by atoms with Crippen molar-refractivity contribution >= 4 is 5.82 Å². The Morgan fingerprint density at radius 1 is 1.32 bits per heavy atom. The Balaban J connectivity index is 2.10. The third kappa shape index (κ3) is 3.47. The molecule has 0 unspecified atom stereocenters. The van der Waals surface area contributed by atoms with E-state index in [1.54, 1.807) is 6.26 Å². The molecule has 0 aromatic carbocycles. The molecule has 19 heavy (non-hydrogen) atoms. The summed E-state index contributed by atoms with van der Waals surface area (Å²) < 4.78 is 10.9. The van der Waals surface area contributed by atoms with Crippen molar-refractivity contribution in [1.82, 2.24) is 9.97 Å². The van der Waals surface area contributed by atoms with E-state index in [0.717, 1.165) is 36.5 Å². The highest BCUT2D eigenvalue weighted by molar-refractivity contribution is 5.48. The topological polar surface area (TPSA) is 60.2 Å². The molecular formula is C14H19N3O2. The first-order valence-electron chi connectivity index (χ1n) is 6.58. The molecule has 0 radical (unpaired) electrons. The van der Waals surface area contributed by atoms with E-state index in [1.807, 2.05) is 12.1 Å². The van der Waals surface area contributed by atoms with Gasteiger partial charge in [0.1, 0.15) is 24.5 Å². The molecular weight excluding hydrogens is 242 g/mol. The van der Waals surface area contributed by atoms with Crippen LogP contribution in [0.25, 0.3) is 0 Å². The molecule has 0 saturated carbocycles. The van der Waals surface area contributed by atoms with Gasteiger partial charge >= 0.3 is 0 Å². The van der Waals surface area contributed by atoms with Crippen LogP contribution in [-0.4, -0.2) is 16.5 Å². The fourth-order valence-electron chi connectivity index (χ4n) is 1.77. The molecule has 2 aromatic heterocycles. The first-order chi connectivity index (χ1) is 9.35. The second kappa shape index (κ2) is 6.78. The maximum atomic E-state index is 5.71. The van der Waals surface area contributed by atoms with Gasteiger partial charge in [0, 0.05) is 6.54 Å². The van der Waals surface area contributed by atoms with E-state index >= 15 is 0 Å². The summed E-state index contributed by atoms with van der Waals surface area (Å²) >= 11 is 0. The maximum Gasteiger partial charge on any atom is 0.222 e. The average Bonchev–Trinajstić information content (AvgIpc) is 2.96. The average molecular weight is 261 g/mol. The SMILES string of the molecule is CCCNc1ncnc(OCc2ccco2)c1CC. The van der Waals surface area contributed by atoms with Crippen LogP contribution in [0.2, 0.25) is 0 Å². The molecule has 2 aromatic rings. The van der Waals surface area contributed by atoms with Crippen LogP contribution in [0.5, 0.6) is 5.88 Å². The zero-order chi connectivity index (χ0) is 13.5. The molecule has 2 heterocycles. The van der Waals surface area contributed by atoms with Crippen LogP contribution < -0.4 is 10.1 Å². The van der Waals surface area contributed by atoms with Crippen molar-refractivity contribution in [2.24, 2.45) is 0 Å². The van der Waals surface area contributed by atoms with Gasteiger partial charge in [-0.3, -0.25) is 0 Å². The Morgan fingerprint density at radius 3 is 2.89 bits per heavy atom. The molecule has 0 aliphatic heterocycles. The van der Waals surface area contributed by atoms with Crippen molar-refractivity contribution in [2.45, 2.75) is 33.3 Å². The van der Waals surface area contributed by atoms with Gasteiger partial charge in [-0.25, -0.2) is 9.97 Å². The maximum absolute atomic E-state index is 5.71. The zero-order valence-electron chi connectivity index (χ0n) is 11.3. The minimum Gasteiger partial charge on any atom is -0.469 e. The second-order valence-corrected chi connectivity index (χ2v) is 4.15. The Bertz CT molecular complexity index is 497. The van der Waals surface area contributed by atoms with Crippen LogP contribution >= 0.6 is 0 Å². The Labute approximate surface area is 113 Å². The van der Waals surface area contributed by atoms with Gasteiger partial charge in [0.15, 0.2) is 0 Å². The number of anilines is 1. The van der Waals surface area contributed by atoms with Crippen molar-refractivity contribution in [3.8, 4) is 5.88 Å². The van der Waals surface area contributed by atoms with Gasteiger partial charge in [-0.1, -0.05) is 13.8 Å². The highest BCUT2D eigenvalue weighted by atomic mass is 16.5. The lowest BCUT2D eigenvalue weighted by atomic mass is 10.2. The van der Waals surface area contributed by atoms with Crippen LogP contribution in [0.15, 0.2) is 29.1 Å². The second-order valence-electron chi connectivity index (χ2n) is 4.15. The van der Waals surface area contributed by atoms with Crippen molar-refractivity contribution in [1.29, 1.82) is 0 Å². The van der Waals surface area contributed by atoms with E-state index in [2.05, 4.69) is 29.1 Å². The molecule has 0 amide bonds. The Kier molecular flexibility index (Phi) is 4.78. The summed E-state index contributed by atoms with van der Waals surface area (Å²) in [5.41, 5.74) is 1.00. The summed E-state index contributed by atoms with van der Waals surface area (Å²) in [6.45, 7) is 5.45. The molecule has 0 spiro atoms. The number of ether oxygens (including phenoxy) is 1. The molecule has 1 N–H and O–H groups in total. The number of hydrogen-bond acceptors (Lipinski definition) is 5. The summed E-state index contributed by atoms with van der Waals surface area (Å²) in [6.07, 6.45) is 5.03. The van der Waals surface area contributed by atoms with Crippen molar-refractivity contribution in [3.63, 3.8) is 0 Å². The summed E-state index contributed by atoms with van der Waals surface area (Å²) in [4.78, 5) is 8.47. The first-order valence-corrected chi connectivity index (χ1v) is 6.58. The highest BCUT2D eigenvalue weighted by Gasteiger charge is 2.11. The van der Waals surface area contributed by atoms with E-state index in [1.165, 1.54) is 6.33 Å². The van der Waals surface area contributed by atoms with Gasteiger partial charge in [0.2, 0.25) is 5.88 Å². The zero-order valence-corrected chi connectivity index (χ0v) is 11.3. The monoisotopic (exact) mass is 261 g/mol. The highest BCUT2D eigenvalue weighted by Crippen LogP contribution is 2.23. The van der Waals surface area contributed by atoms with Crippen molar-refractivity contribution in [3.05, 3.63) is 36.0 Å². The molecule has 102 valence electrons. The van der Waals surface area contributed by atoms with Gasteiger partial charge in [0.25, 0.3) is 0 Å². The number of hydrogen-bond donors (Lipinski definition) is 1. The van der Waals surface area contributed by atoms with Gasteiger partial charge in [-0.05, 0) is 25.0 Å². The van der Waals surface area contributed by atoms with Crippen LogP contribution in [0.1, 0.15) is 31.6 Å². The first kappa shape index (κ1) is 13.4. The number of rotatable bonds is 7. The molecule has 0 bridgehead atoms. The van der Waals surface area contributed by atoms with Gasteiger partial charge in [0.05, 0.1) is 11.8 Å². The Morgan fingerprint density at radius 2 is 2.21 bits per heavy atom. The van der Waals surface area contributed by atoms with Crippen LogP contribution in [0.4, 0.5) is 5.82 Å². The predicted molar refractivity (Wildman–Crippen MR) is 73.2 cm³/mol. The Hall–Kier alpha value is -2.04. The van der Waals surface area contributed by atoms with Crippen LogP contribution in [0, 0.1) is 0 Å². The molecule has 0 aliphatic rings. The fourth-order valence-corrected chi connectivity index (χ4v) is 1.77. The lowest BCUT2D eigenvalue weighted by Crippen LogP contribution is -2.08. The van der Waals surface area contributed by atoms with Crippen LogP contribution in [0.3, 0.4) is 0 Å². The number of aromatic nitrogens is 2. The number of nitrogens with one attached hydrogen (secondary N) is 1. The molecule has 0 atom stereocenters. The standard InChI is InChI=1S/C14H19N3O2/c1-3-7-15-13-12(4-2)14(17-10-16-13)19-9-11-6-5-8-18-11/h5-6,8,10H,3-4,7,9H2,1-2H3,(H,15,16,17). The molecule has 5 heteroatoms. The van der Waals surface area contributed by atoms with Crippen LogP contribution in [-0.2, 0) is 13.0 Å². The quantitative estimate of drug-likeness (QED) is 0.830. The summed E-state index contributed by atoms with van der Waals surface area (Å²) in [5, 5.41) is 3.29. The van der Waals surface area contributed by atoms with E-state index in [0.29, 0.717) is 12.5 Å². The summed E-state index contributed by atoms with van der Waals surface area (Å²) in [7, 11) is 0. The van der Waals surface area contributed by atoms with E-state index in [9.17, 15) is 0 Å². The molecule has 0 saturated heterocycles. The molecule has 0 fully saturated rings. The van der Waals surface area contributed by atoms with Gasteiger partial charge in [-0.15, -0.1) is 0 Å². The van der Waals surface area contributed by atoms with E-state index < -0.39 is 0 Å². The van der Waals surface area contributed by atoms with Crippen molar-refractivity contribution in [2.75, 3.05) is 11.9 Å². The van der Waals surface area contributed by atoms with E-state index in [4.69, 9.17) is 9.15 Å². The minimum atomic E-state index is 0.379. The summed E-state index contributed by atoms with van der Waals surface area (Å²) in [6, 6.07) is 3.72. The largest absolute Gasteiger partial charge is 0.469 e. The lowest BCUT2D eigenvalue weighted by Gasteiger charge is -2.12. The lowest BCUT2D eigenvalue weighted by molar-refractivity contribution is 0.258. The fraction of sp³-hybridized carbons (Fsp3) is 0.429. The minimum absolute atomic E-state index is 0.379. The third-order valence-electron chi connectivity index (χ3n) is 2.73. The normalized spacial score (nSPS) is 10.4. The van der Waals surface area contributed by atoms with Crippen molar-refractivity contribution < 1.29 is 9.15 Å². The number of nitrogens with zero attached hydrogens (tertiary/aromatic N) is 2. The smallest absolute Gasteiger partial charge is 0.222 e. The number of furan rings is 1. The molecule has 2 rings (SSSR count). The predicted octanol–water partition coefficient (Wildman–Crippen LogP) is 3.03.